The molecule has 4 aliphatic carbocycles. The molecule has 0 amide bonds. The fraction of sp³-hybridized carbons (Fsp3) is 0.465. The number of ether oxygens (including phenoxy) is 2. The molecular weight excluding hydrogens is 769 g/mol. The van der Waals surface area contributed by atoms with E-state index in [-0.39, 0.29) is 41.4 Å². The lowest BCUT2D eigenvalue weighted by Crippen LogP contribution is -2.79. The van der Waals surface area contributed by atoms with Crippen molar-refractivity contribution in [2.75, 3.05) is 23.6 Å². The average molecular weight is 815 g/mol. The van der Waals surface area contributed by atoms with Gasteiger partial charge in [0, 0.05) is 28.8 Å². The van der Waals surface area contributed by atoms with Crippen LogP contribution in [0.2, 0.25) is 0 Å². The molecule has 7 bridgehead atoms. The molecule has 9 rings (SSSR count). The van der Waals surface area contributed by atoms with Crippen molar-refractivity contribution in [1.29, 1.82) is 0 Å². The highest BCUT2D eigenvalue weighted by atomic mass is 33.1. The van der Waals surface area contributed by atoms with Gasteiger partial charge in [0.25, 0.3) is 0 Å². The molecule has 12 nitrogen and oxygen atoms in total. The Balaban J connectivity index is 1.17. The van der Waals surface area contributed by atoms with Gasteiger partial charge < -0.3 is 45.4 Å². The number of anilines is 1. The summed E-state index contributed by atoms with van der Waals surface area (Å²) in [5, 5.41) is 73.1. The van der Waals surface area contributed by atoms with Crippen LogP contribution >= 0.6 is 21.6 Å². The van der Waals surface area contributed by atoms with Gasteiger partial charge in [0.2, 0.25) is 6.29 Å². The van der Waals surface area contributed by atoms with Crippen LogP contribution in [0.15, 0.2) is 84.3 Å². The Bertz CT molecular complexity index is 2170. The molecule has 6 aliphatic rings. The molecule has 0 radical (unpaired) electrons. The van der Waals surface area contributed by atoms with Crippen molar-refractivity contribution in [3.63, 3.8) is 0 Å². The molecule has 2 saturated carbocycles. The summed E-state index contributed by atoms with van der Waals surface area (Å²) in [7, 11) is 2.76. The highest BCUT2D eigenvalue weighted by molar-refractivity contribution is 8.76. The molecule has 57 heavy (non-hydrogen) atoms. The molecule has 2 aliphatic heterocycles. The van der Waals surface area contributed by atoms with E-state index in [9.17, 15) is 35.4 Å². The van der Waals surface area contributed by atoms with Gasteiger partial charge in [0.15, 0.2) is 11.6 Å². The molecule has 7 N–H and O–H groups in total. The molecule has 0 unspecified atom stereocenters. The van der Waals surface area contributed by atoms with E-state index in [1.807, 2.05) is 30.3 Å². The lowest BCUT2D eigenvalue weighted by molar-refractivity contribution is -0.381. The number of benzene rings is 2. The molecule has 2 spiro atoms. The molecule has 8 atom stereocenters. The van der Waals surface area contributed by atoms with E-state index in [1.165, 1.54) is 33.7 Å². The Morgan fingerprint density at radius 2 is 1.75 bits per heavy atom. The molecule has 1 saturated heterocycles. The van der Waals surface area contributed by atoms with Gasteiger partial charge in [-0.2, -0.15) is 0 Å². The molecule has 3 aromatic rings. The predicted octanol–water partition coefficient (Wildman–Crippen LogP) is 4.79. The largest absolute Gasteiger partial charge is 0.511 e. The number of rotatable bonds is 4. The van der Waals surface area contributed by atoms with Crippen molar-refractivity contribution in [1.82, 2.24) is 4.98 Å². The Kier molecular flexibility index (Phi) is 9.88. The first kappa shape index (κ1) is 38.8. The van der Waals surface area contributed by atoms with Crippen LogP contribution in [0.4, 0.5) is 5.82 Å². The molecule has 300 valence electrons. The summed E-state index contributed by atoms with van der Waals surface area (Å²) in [5.41, 5.74) is -3.14. The monoisotopic (exact) mass is 814 g/mol. The zero-order valence-corrected chi connectivity index (χ0v) is 32.8. The Labute approximate surface area is 337 Å². The van der Waals surface area contributed by atoms with Gasteiger partial charge in [-0.05, 0) is 78.6 Å². The minimum atomic E-state index is -2.22. The fourth-order valence-corrected chi connectivity index (χ4v) is 13.0. The van der Waals surface area contributed by atoms with Crippen molar-refractivity contribution in [3.8, 4) is 5.75 Å². The first-order valence-corrected chi connectivity index (χ1v) is 22.0. The Morgan fingerprint density at radius 3 is 2.54 bits per heavy atom. The number of nitrogens with zero attached hydrogens (tertiary/aromatic N) is 1. The second-order valence-electron chi connectivity index (χ2n) is 16.4. The van der Waals surface area contributed by atoms with Crippen LogP contribution in [0, 0.1) is 17.3 Å². The number of pyridine rings is 1. The molecular formula is C43H46N2O10S2. The standard InChI is InChI=1S/C43H46N2O10S2/c46-20-25-6-3-5-24(15-25)16-26-17-29-35(49)28-7-4-8-30-34(28)36(50)42(29,32(48)18-26)22-56-57-23-45-33-19-27(10-14-44-33)40(11-1-2-12-40)31-9-13-41(21-47)39(52)43(31,53)37(51)38(54-30)55-41/h3-8,10,14-15,17-19,29,31,37-39,46-48,51-53H,1-2,9,11-13,16,20-23H2,(H,44,45)/t29-,31-,37+,38-,39-,41-,42+,43-/m1/s1. The third-order valence-electron chi connectivity index (χ3n) is 13.6. The number of aliphatic hydroxyl groups excluding tert-OH is 5. The number of hydrogen-bond donors (Lipinski definition) is 7. The summed E-state index contributed by atoms with van der Waals surface area (Å²) in [5.74, 6) is -2.07. The zero-order valence-electron chi connectivity index (χ0n) is 31.2. The number of carbonyl (C=O) groups is 2. The molecule has 2 aromatic carbocycles. The molecule has 3 heterocycles. The maximum atomic E-state index is 15.2. The molecule has 14 heteroatoms. The topological polar surface area (TPSA) is 199 Å². The second kappa shape index (κ2) is 14.5. The van der Waals surface area contributed by atoms with E-state index in [0.717, 1.165) is 29.5 Å². The minimum absolute atomic E-state index is 0.0227. The van der Waals surface area contributed by atoms with Crippen LogP contribution in [-0.2, 0) is 23.2 Å². The van der Waals surface area contributed by atoms with E-state index in [2.05, 4.69) is 10.3 Å². The van der Waals surface area contributed by atoms with Gasteiger partial charge in [-0.3, -0.25) is 9.59 Å². The normalized spacial score (nSPS) is 34.3. The first-order chi connectivity index (χ1) is 27.5. The number of ketones is 2. The van der Waals surface area contributed by atoms with Gasteiger partial charge in [0.05, 0.1) is 30.6 Å². The third-order valence-corrected chi connectivity index (χ3v) is 15.8. The number of carbonyl (C=O) groups excluding carboxylic acids is 2. The predicted molar refractivity (Wildman–Crippen MR) is 214 cm³/mol. The van der Waals surface area contributed by atoms with Gasteiger partial charge in [0.1, 0.15) is 46.2 Å². The minimum Gasteiger partial charge on any atom is -0.511 e. The van der Waals surface area contributed by atoms with Gasteiger partial charge >= 0.3 is 0 Å². The van der Waals surface area contributed by atoms with Gasteiger partial charge in [-0.1, -0.05) is 76.9 Å². The van der Waals surface area contributed by atoms with E-state index in [0.29, 0.717) is 43.0 Å². The van der Waals surface area contributed by atoms with Crippen LogP contribution in [0.25, 0.3) is 0 Å². The number of allylic oxidation sites excluding steroid dienone is 4. The van der Waals surface area contributed by atoms with Crippen molar-refractivity contribution in [3.05, 3.63) is 112 Å². The van der Waals surface area contributed by atoms with Crippen molar-refractivity contribution in [2.45, 2.75) is 86.7 Å². The van der Waals surface area contributed by atoms with Gasteiger partial charge in [-0.25, -0.2) is 4.98 Å². The van der Waals surface area contributed by atoms with E-state index >= 15 is 4.79 Å². The van der Waals surface area contributed by atoms with E-state index in [1.54, 1.807) is 30.5 Å². The third kappa shape index (κ3) is 5.85. The summed E-state index contributed by atoms with van der Waals surface area (Å²) in [6, 6.07) is 15.9. The summed E-state index contributed by atoms with van der Waals surface area (Å²) < 4.78 is 12.7. The summed E-state index contributed by atoms with van der Waals surface area (Å²) in [6.07, 6.45) is 3.80. The maximum Gasteiger partial charge on any atom is 0.229 e. The second-order valence-corrected chi connectivity index (χ2v) is 18.9. The number of Topliss-reactive ketones (excluding diaryl/α,β-unsaturated/α-hetero) is 2. The Morgan fingerprint density at radius 1 is 0.965 bits per heavy atom. The summed E-state index contributed by atoms with van der Waals surface area (Å²) in [4.78, 5) is 34.5. The van der Waals surface area contributed by atoms with E-state index in [4.69, 9.17) is 9.47 Å². The lowest BCUT2D eigenvalue weighted by Gasteiger charge is -2.62. The summed E-state index contributed by atoms with van der Waals surface area (Å²) >= 11 is 0. The lowest BCUT2D eigenvalue weighted by atomic mass is 9.52. The number of fused-ring (bicyclic) bond motifs is 6. The van der Waals surface area contributed by atoms with Crippen LogP contribution in [0.3, 0.4) is 0 Å². The fourth-order valence-electron chi connectivity index (χ4n) is 10.8. The van der Waals surface area contributed by atoms with E-state index < -0.39 is 70.5 Å². The number of aliphatic hydroxyl groups is 6. The number of hydrogen-bond acceptors (Lipinski definition) is 14. The number of nitrogens with one attached hydrogen (secondary N) is 1. The average Bonchev–Trinajstić information content (AvgIpc) is 3.72. The highest BCUT2D eigenvalue weighted by Gasteiger charge is 2.71. The van der Waals surface area contributed by atoms with Gasteiger partial charge in [-0.15, -0.1) is 0 Å². The zero-order chi connectivity index (χ0) is 39.7. The molecule has 1 aromatic heterocycles. The van der Waals surface area contributed by atoms with Crippen molar-refractivity contribution < 1.29 is 49.7 Å². The SMILES string of the molecule is O=C1c2cccc3c2C(=O)[C@]2(CSSCNc4cc(ccn4)C4(CCCC4)[C@H]4CC[C@]5(CO)O[C@@H](O3)[C@H](O)[C@@]4(O)[C@@H]5O)C(O)=CC(Cc3cccc(CO)c3)=C[C@H]12. The van der Waals surface area contributed by atoms with Crippen molar-refractivity contribution in [2.24, 2.45) is 17.3 Å². The molecule has 3 fully saturated rings. The number of aromatic nitrogens is 1. The van der Waals surface area contributed by atoms with Crippen molar-refractivity contribution >= 4 is 39.0 Å². The highest BCUT2D eigenvalue weighted by Crippen LogP contribution is 2.60. The quantitative estimate of drug-likeness (QED) is 0.178. The summed E-state index contributed by atoms with van der Waals surface area (Å²) in [6.45, 7) is -0.808. The first-order valence-electron chi connectivity index (χ1n) is 19.5. The Hall–Kier alpha value is -3.73. The van der Waals surface area contributed by atoms with Crippen LogP contribution in [-0.4, -0.2) is 95.1 Å². The van der Waals surface area contributed by atoms with Crippen LogP contribution < -0.4 is 10.1 Å². The van der Waals surface area contributed by atoms with Crippen LogP contribution in [0.5, 0.6) is 5.75 Å². The van der Waals surface area contributed by atoms with Crippen LogP contribution in [0.1, 0.15) is 75.9 Å². The smallest absolute Gasteiger partial charge is 0.229 e. The maximum absolute atomic E-state index is 15.2.